The Morgan fingerprint density at radius 2 is 2.03 bits per heavy atom. The van der Waals surface area contributed by atoms with Gasteiger partial charge in [-0.3, -0.25) is 14.3 Å². The molecule has 9 nitrogen and oxygen atoms in total. The molecule has 0 saturated carbocycles. The second-order valence-electron chi connectivity index (χ2n) is 8.18. The maximum Gasteiger partial charge on any atom is 0.329 e. The fraction of sp³-hybridized carbons (Fsp3) is 0.500. The zero-order valence-electron chi connectivity index (χ0n) is 18.3. The van der Waals surface area contributed by atoms with Crippen LogP contribution in [-0.4, -0.2) is 49.5 Å². The van der Waals surface area contributed by atoms with Crippen LogP contribution in [0.4, 0.5) is 5.95 Å². The fourth-order valence-electron chi connectivity index (χ4n) is 4.29. The number of aliphatic hydroxyl groups is 1. The van der Waals surface area contributed by atoms with Crippen LogP contribution in [0.2, 0.25) is 5.02 Å². The van der Waals surface area contributed by atoms with Crippen LogP contribution in [0.15, 0.2) is 33.9 Å². The van der Waals surface area contributed by atoms with Crippen molar-refractivity contribution in [2.45, 2.75) is 51.3 Å². The van der Waals surface area contributed by atoms with Crippen molar-refractivity contribution in [3.8, 4) is 5.75 Å². The Bertz CT molecular complexity index is 1200. The predicted molar refractivity (Wildman–Crippen MR) is 124 cm³/mol. The summed E-state index contributed by atoms with van der Waals surface area (Å²) in [6.07, 6.45) is 3.25. The standard InChI is InChI=1S/C22H28ClN5O4/c1-3-15-6-4-5-11-27(15)21-24-19-18(20(30)25-22(31)26(19)2)28(21)12-16(29)13-32-17-9-7-14(23)8-10-17/h7-10,15-16,29H,3-6,11-13H2,1-2H3,(H,25,30,31). The molecular weight excluding hydrogens is 434 g/mol. The molecule has 4 rings (SSSR count). The molecule has 0 aliphatic carbocycles. The van der Waals surface area contributed by atoms with Crippen molar-refractivity contribution < 1.29 is 9.84 Å². The van der Waals surface area contributed by atoms with E-state index in [1.54, 1.807) is 35.9 Å². The molecule has 1 fully saturated rings. The lowest BCUT2D eigenvalue weighted by Crippen LogP contribution is -2.41. The molecule has 1 aliphatic rings. The van der Waals surface area contributed by atoms with E-state index in [1.807, 2.05) is 0 Å². The Morgan fingerprint density at radius 3 is 2.75 bits per heavy atom. The molecule has 2 unspecified atom stereocenters. The van der Waals surface area contributed by atoms with Crippen molar-refractivity contribution in [1.82, 2.24) is 19.1 Å². The Hall–Kier alpha value is -2.78. The van der Waals surface area contributed by atoms with Crippen molar-refractivity contribution in [2.75, 3.05) is 18.1 Å². The van der Waals surface area contributed by atoms with Crippen LogP contribution >= 0.6 is 11.6 Å². The topological polar surface area (TPSA) is 105 Å². The van der Waals surface area contributed by atoms with Crippen molar-refractivity contribution in [2.24, 2.45) is 7.05 Å². The van der Waals surface area contributed by atoms with Gasteiger partial charge in [-0.05, 0) is 49.9 Å². The normalized spacial score (nSPS) is 17.6. The molecule has 2 atom stereocenters. The largest absolute Gasteiger partial charge is 0.491 e. The van der Waals surface area contributed by atoms with Crippen LogP contribution < -0.4 is 20.9 Å². The van der Waals surface area contributed by atoms with Gasteiger partial charge in [0.25, 0.3) is 5.56 Å². The molecule has 3 heterocycles. The summed E-state index contributed by atoms with van der Waals surface area (Å²) < 4.78 is 8.74. The van der Waals surface area contributed by atoms with E-state index in [9.17, 15) is 14.7 Å². The summed E-state index contributed by atoms with van der Waals surface area (Å²) in [6.45, 7) is 3.08. The first kappa shape index (κ1) is 22.4. The van der Waals surface area contributed by atoms with E-state index in [-0.39, 0.29) is 24.7 Å². The van der Waals surface area contributed by atoms with Gasteiger partial charge < -0.3 is 19.3 Å². The first-order valence-corrected chi connectivity index (χ1v) is 11.3. The number of nitrogens with one attached hydrogen (secondary N) is 1. The molecule has 0 bridgehead atoms. The lowest BCUT2D eigenvalue weighted by atomic mass is 10.0. The molecular formula is C22H28ClN5O4. The number of halogens is 1. The molecule has 172 valence electrons. The van der Waals surface area contributed by atoms with Gasteiger partial charge in [0, 0.05) is 24.7 Å². The number of aliphatic hydroxyl groups excluding tert-OH is 1. The van der Waals surface area contributed by atoms with Gasteiger partial charge in [-0.15, -0.1) is 0 Å². The molecule has 32 heavy (non-hydrogen) atoms. The molecule has 2 N–H and O–H groups in total. The monoisotopic (exact) mass is 461 g/mol. The van der Waals surface area contributed by atoms with E-state index in [2.05, 4.69) is 16.8 Å². The van der Waals surface area contributed by atoms with Gasteiger partial charge in [-0.2, -0.15) is 4.98 Å². The van der Waals surface area contributed by atoms with Crippen molar-refractivity contribution in [1.29, 1.82) is 0 Å². The number of piperidine rings is 1. The second kappa shape index (κ2) is 9.38. The minimum Gasteiger partial charge on any atom is -0.491 e. The number of imidazole rings is 1. The molecule has 2 aromatic heterocycles. The van der Waals surface area contributed by atoms with Crippen molar-refractivity contribution >= 4 is 28.7 Å². The highest BCUT2D eigenvalue weighted by molar-refractivity contribution is 6.30. The van der Waals surface area contributed by atoms with Crippen LogP contribution in [0, 0.1) is 0 Å². The van der Waals surface area contributed by atoms with Crippen LogP contribution in [0.25, 0.3) is 11.2 Å². The Labute approximate surface area is 190 Å². The minimum absolute atomic E-state index is 0.0294. The van der Waals surface area contributed by atoms with Crippen molar-refractivity contribution in [3.05, 3.63) is 50.1 Å². The number of hydrogen-bond acceptors (Lipinski definition) is 6. The van der Waals surface area contributed by atoms with E-state index in [0.29, 0.717) is 22.4 Å². The van der Waals surface area contributed by atoms with Crippen LogP contribution in [0.5, 0.6) is 5.75 Å². The third-order valence-corrected chi connectivity index (χ3v) is 6.24. The highest BCUT2D eigenvalue weighted by Gasteiger charge is 2.28. The molecule has 10 heteroatoms. The summed E-state index contributed by atoms with van der Waals surface area (Å²) in [5.41, 5.74) is -0.457. The number of benzene rings is 1. The van der Waals surface area contributed by atoms with Crippen molar-refractivity contribution in [3.63, 3.8) is 0 Å². The number of fused-ring (bicyclic) bond motifs is 1. The van der Waals surface area contributed by atoms with Gasteiger partial charge in [0.15, 0.2) is 11.2 Å². The van der Waals surface area contributed by atoms with Gasteiger partial charge in [0.05, 0.1) is 6.54 Å². The average Bonchev–Trinajstić information content (AvgIpc) is 3.16. The SMILES string of the molecule is CCC1CCCCN1c1nc2c(c(=O)[nH]c(=O)n2C)n1CC(O)COc1ccc(Cl)cc1. The molecule has 0 spiro atoms. The molecule has 0 radical (unpaired) electrons. The highest BCUT2D eigenvalue weighted by atomic mass is 35.5. The first-order chi connectivity index (χ1) is 15.4. The quantitative estimate of drug-likeness (QED) is 0.559. The fourth-order valence-corrected chi connectivity index (χ4v) is 4.42. The van der Waals surface area contributed by atoms with E-state index in [4.69, 9.17) is 21.3 Å². The number of aryl methyl sites for hydroxylation is 1. The third-order valence-electron chi connectivity index (χ3n) is 5.99. The highest BCUT2D eigenvalue weighted by Crippen LogP contribution is 2.28. The summed E-state index contributed by atoms with van der Waals surface area (Å²) in [5, 5.41) is 11.4. The maximum atomic E-state index is 12.7. The lowest BCUT2D eigenvalue weighted by molar-refractivity contribution is 0.0935. The number of aromatic amines is 1. The Kier molecular flexibility index (Phi) is 6.57. The summed E-state index contributed by atoms with van der Waals surface area (Å²) in [7, 11) is 1.58. The minimum atomic E-state index is -0.900. The molecule has 1 saturated heterocycles. The zero-order chi connectivity index (χ0) is 22.8. The summed E-state index contributed by atoms with van der Waals surface area (Å²) in [6, 6.07) is 7.18. The molecule has 1 aromatic carbocycles. The average molecular weight is 462 g/mol. The predicted octanol–water partition coefficient (Wildman–Crippen LogP) is 2.29. The Morgan fingerprint density at radius 1 is 1.28 bits per heavy atom. The van der Waals surface area contributed by atoms with E-state index in [1.165, 1.54) is 4.57 Å². The van der Waals surface area contributed by atoms with Gasteiger partial charge in [-0.1, -0.05) is 18.5 Å². The first-order valence-electron chi connectivity index (χ1n) is 10.9. The van der Waals surface area contributed by atoms with Gasteiger partial charge in [0.2, 0.25) is 5.95 Å². The molecule has 3 aromatic rings. The summed E-state index contributed by atoms with van der Waals surface area (Å²) in [4.78, 5) is 34.1. The number of H-pyrrole nitrogens is 1. The second-order valence-corrected chi connectivity index (χ2v) is 8.62. The lowest BCUT2D eigenvalue weighted by Gasteiger charge is -2.36. The number of aromatic nitrogens is 4. The summed E-state index contributed by atoms with van der Waals surface area (Å²) >= 11 is 5.90. The maximum absolute atomic E-state index is 12.7. The van der Waals surface area contributed by atoms with Gasteiger partial charge in [0.1, 0.15) is 18.5 Å². The van der Waals surface area contributed by atoms with Crippen LogP contribution in [0.3, 0.4) is 0 Å². The smallest absolute Gasteiger partial charge is 0.329 e. The molecule has 0 amide bonds. The third kappa shape index (κ3) is 4.40. The number of ether oxygens (including phenoxy) is 1. The van der Waals surface area contributed by atoms with Gasteiger partial charge >= 0.3 is 5.69 Å². The molecule has 1 aliphatic heterocycles. The van der Waals surface area contributed by atoms with E-state index < -0.39 is 17.4 Å². The van der Waals surface area contributed by atoms with Crippen LogP contribution in [0.1, 0.15) is 32.6 Å². The number of anilines is 1. The van der Waals surface area contributed by atoms with E-state index >= 15 is 0 Å². The Balaban J connectivity index is 1.69. The summed E-state index contributed by atoms with van der Waals surface area (Å²) in [5.74, 6) is 1.19. The number of hydrogen-bond donors (Lipinski definition) is 2. The van der Waals surface area contributed by atoms with Gasteiger partial charge in [-0.25, -0.2) is 4.79 Å². The van der Waals surface area contributed by atoms with Crippen LogP contribution in [-0.2, 0) is 13.6 Å². The number of rotatable bonds is 7. The van der Waals surface area contributed by atoms with E-state index in [0.717, 1.165) is 32.2 Å². The zero-order valence-corrected chi connectivity index (χ0v) is 19.0. The number of nitrogens with zero attached hydrogens (tertiary/aromatic N) is 4.